The molecule has 0 aliphatic heterocycles. The van der Waals surface area contributed by atoms with Gasteiger partial charge in [0, 0.05) is 0 Å². The lowest BCUT2D eigenvalue weighted by Crippen LogP contribution is -2.05. The van der Waals surface area contributed by atoms with Crippen LogP contribution in [0.4, 0.5) is 0 Å². The zero-order valence-corrected chi connectivity index (χ0v) is 8.75. The van der Waals surface area contributed by atoms with Crippen LogP contribution in [0.3, 0.4) is 0 Å². The van der Waals surface area contributed by atoms with Crippen LogP contribution < -0.4 is 4.74 Å². The van der Waals surface area contributed by atoms with Crippen LogP contribution in [-0.4, -0.2) is 23.2 Å². The first-order valence-electron chi connectivity index (χ1n) is 3.50. The van der Waals surface area contributed by atoms with Crippen LogP contribution in [-0.2, 0) is 0 Å². The molecule has 1 N–H and O–H groups in total. The number of hydrogen-bond acceptors (Lipinski definition) is 3. The second-order valence-electron chi connectivity index (χ2n) is 2.45. The van der Waals surface area contributed by atoms with Crippen molar-refractivity contribution in [2.45, 2.75) is 6.92 Å². The van der Waals surface area contributed by atoms with Gasteiger partial charge in [0.05, 0.1) is 7.11 Å². The Morgan fingerprint density at radius 1 is 1.69 bits per heavy atom. The third kappa shape index (κ3) is 1.98. The smallest absolute Gasteiger partial charge is 0.341 e. The molecule has 0 fully saturated rings. The number of halogens is 1. The van der Waals surface area contributed by atoms with Crippen molar-refractivity contribution in [1.82, 2.24) is 4.98 Å². The van der Waals surface area contributed by atoms with E-state index >= 15 is 0 Å². The molecule has 0 spiro atoms. The fourth-order valence-corrected chi connectivity index (χ4v) is 1.52. The molecule has 1 aromatic heterocycles. The molecule has 1 rings (SSSR count). The van der Waals surface area contributed by atoms with Crippen molar-refractivity contribution in [2.75, 3.05) is 7.11 Å². The molecule has 0 saturated heterocycles. The van der Waals surface area contributed by atoms with E-state index < -0.39 is 5.97 Å². The summed E-state index contributed by atoms with van der Waals surface area (Å²) in [4.78, 5) is 14.7. The average molecular weight is 246 g/mol. The average Bonchev–Trinajstić information content (AvgIpc) is 2.01. The lowest BCUT2D eigenvalue weighted by atomic mass is 10.1. The maximum Gasteiger partial charge on any atom is 0.341 e. The molecule has 5 heteroatoms. The van der Waals surface area contributed by atoms with Gasteiger partial charge in [-0.05, 0) is 34.5 Å². The molecule has 1 heterocycles. The van der Waals surface area contributed by atoms with E-state index in [4.69, 9.17) is 9.84 Å². The number of rotatable bonds is 2. The van der Waals surface area contributed by atoms with E-state index in [9.17, 15) is 4.79 Å². The van der Waals surface area contributed by atoms with Crippen LogP contribution in [0.5, 0.6) is 5.88 Å². The Hall–Kier alpha value is -1.10. The van der Waals surface area contributed by atoms with Crippen LogP contribution in [0, 0.1) is 6.92 Å². The van der Waals surface area contributed by atoms with Gasteiger partial charge in [-0.3, -0.25) is 0 Å². The van der Waals surface area contributed by atoms with Gasteiger partial charge in [0.1, 0.15) is 10.2 Å². The number of carboxylic acid groups (broad SMARTS) is 1. The standard InChI is InChI=1S/C8H8BrNO3/c1-4-3-5(9)10-7(13-2)6(4)8(11)12/h3H,1-2H3,(H,11,12). The number of methoxy groups -OCH3 is 1. The van der Waals surface area contributed by atoms with E-state index in [-0.39, 0.29) is 11.4 Å². The number of carbonyl (C=O) groups is 1. The van der Waals surface area contributed by atoms with Crippen LogP contribution in [0.25, 0.3) is 0 Å². The topological polar surface area (TPSA) is 59.4 Å². The first-order chi connectivity index (χ1) is 6.06. The normalized spacial score (nSPS) is 9.77. The Morgan fingerprint density at radius 2 is 2.31 bits per heavy atom. The summed E-state index contributed by atoms with van der Waals surface area (Å²) in [6, 6.07) is 1.63. The van der Waals surface area contributed by atoms with Crippen molar-refractivity contribution < 1.29 is 14.6 Å². The third-order valence-electron chi connectivity index (χ3n) is 1.56. The molecule has 0 atom stereocenters. The SMILES string of the molecule is COc1nc(Br)cc(C)c1C(=O)O. The van der Waals surface area contributed by atoms with Gasteiger partial charge in [0.15, 0.2) is 0 Å². The van der Waals surface area contributed by atoms with E-state index in [2.05, 4.69) is 20.9 Å². The lowest BCUT2D eigenvalue weighted by molar-refractivity contribution is 0.0691. The predicted molar refractivity (Wildman–Crippen MR) is 50.2 cm³/mol. The molecule has 0 bridgehead atoms. The minimum Gasteiger partial charge on any atom is -0.480 e. The summed E-state index contributed by atoms with van der Waals surface area (Å²) in [6.45, 7) is 1.69. The Bertz CT molecular complexity index is 351. The zero-order valence-electron chi connectivity index (χ0n) is 7.17. The highest BCUT2D eigenvalue weighted by Gasteiger charge is 2.16. The molecule has 0 amide bonds. The highest BCUT2D eigenvalue weighted by molar-refractivity contribution is 9.10. The lowest BCUT2D eigenvalue weighted by Gasteiger charge is -2.06. The van der Waals surface area contributed by atoms with E-state index in [1.807, 2.05) is 0 Å². The second-order valence-corrected chi connectivity index (χ2v) is 3.26. The van der Waals surface area contributed by atoms with Crippen LogP contribution in [0.2, 0.25) is 0 Å². The molecule has 13 heavy (non-hydrogen) atoms. The van der Waals surface area contributed by atoms with E-state index in [0.717, 1.165) is 0 Å². The molecular formula is C8H8BrNO3. The van der Waals surface area contributed by atoms with E-state index in [1.54, 1.807) is 13.0 Å². The summed E-state index contributed by atoms with van der Waals surface area (Å²) in [7, 11) is 1.39. The summed E-state index contributed by atoms with van der Waals surface area (Å²) in [5.74, 6) is -0.909. The van der Waals surface area contributed by atoms with Gasteiger partial charge in [0.2, 0.25) is 5.88 Å². The number of aromatic carboxylic acids is 1. The summed E-state index contributed by atoms with van der Waals surface area (Å²) < 4.78 is 5.41. The summed E-state index contributed by atoms with van der Waals surface area (Å²) in [6.07, 6.45) is 0. The maximum atomic E-state index is 10.8. The molecule has 0 aliphatic carbocycles. The fraction of sp³-hybridized carbons (Fsp3) is 0.250. The minimum absolute atomic E-state index is 0.103. The van der Waals surface area contributed by atoms with Gasteiger partial charge in [-0.1, -0.05) is 0 Å². The van der Waals surface area contributed by atoms with Gasteiger partial charge in [-0.15, -0.1) is 0 Å². The van der Waals surface area contributed by atoms with Crippen LogP contribution in [0.1, 0.15) is 15.9 Å². The number of aromatic nitrogens is 1. The Balaban J connectivity index is 3.38. The zero-order chi connectivity index (χ0) is 10.0. The molecule has 70 valence electrons. The molecular weight excluding hydrogens is 238 g/mol. The van der Waals surface area contributed by atoms with Gasteiger partial charge in [-0.2, -0.15) is 0 Å². The third-order valence-corrected chi connectivity index (χ3v) is 1.97. The number of aryl methyl sites for hydroxylation is 1. The van der Waals surface area contributed by atoms with Crippen molar-refractivity contribution >= 4 is 21.9 Å². The summed E-state index contributed by atoms with van der Waals surface area (Å²) in [5, 5.41) is 8.83. The van der Waals surface area contributed by atoms with Crippen LogP contribution >= 0.6 is 15.9 Å². The largest absolute Gasteiger partial charge is 0.480 e. The number of carboxylic acids is 1. The first-order valence-corrected chi connectivity index (χ1v) is 4.30. The van der Waals surface area contributed by atoms with Crippen LogP contribution in [0.15, 0.2) is 10.7 Å². The molecule has 0 aromatic carbocycles. The van der Waals surface area contributed by atoms with Gasteiger partial charge < -0.3 is 9.84 Å². The molecule has 0 aliphatic rings. The molecule has 0 saturated carbocycles. The quantitative estimate of drug-likeness (QED) is 0.809. The van der Waals surface area contributed by atoms with Crippen molar-refractivity contribution in [3.05, 3.63) is 21.8 Å². The fourth-order valence-electron chi connectivity index (χ4n) is 1.01. The van der Waals surface area contributed by atoms with Crippen molar-refractivity contribution in [3.8, 4) is 5.88 Å². The molecule has 0 unspecified atom stereocenters. The Labute approximate surface area is 83.7 Å². The van der Waals surface area contributed by atoms with Crippen molar-refractivity contribution in [3.63, 3.8) is 0 Å². The number of pyridine rings is 1. The Morgan fingerprint density at radius 3 is 2.77 bits per heavy atom. The predicted octanol–water partition coefficient (Wildman–Crippen LogP) is 1.86. The highest BCUT2D eigenvalue weighted by Crippen LogP contribution is 2.22. The van der Waals surface area contributed by atoms with E-state index in [0.29, 0.717) is 10.2 Å². The van der Waals surface area contributed by atoms with Gasteiger partial charge in [0.25, 0.3) is 0 Å². The monoisotopic (exact) mass is 245 g/mol. The second kappa shape index (κ2) is 3.74. The van der Waals surface area contributed by atoms with Gasteiger partial charge in [-0.25, -0.2) is 9.78 Å². The van der Waals surface area contributed by atoms with Crippen molar-refractivity contribution in [2.24, 2.45) is 0 Å². The number of nitrogens with zero attached hydrogens (tertiary/aromatic N) is 1. The highest BCUT2D eigenvalue weighted by atomic mass is 79.9. The number of ether oxygens (including phenoxy) is 1. The van der Waals surface area contributed by atoms with Crippen molar-refractivity contribution in [1.29, 1.82) is 0 Å². The van der Waals surface area contributed by atoms with Gasteiger partial charge >= 0.3 is 5.97 Å². The Kier molecular flexibility index (Phi) is 2.87. The summed E-state index contributed by atoms with van der Waals surface area (Å²) in [5.41, 5.74) is 0.719. The number of hydrogen-bond donors (Lipinski definition) is 1. The molecule has 0 radical (unpaired) electrons. The van der Waals surface area contributed by atoms with E-state index in [1.165, 1.54) is 7.11 Å². The minimum atomic E-state index is -1.03. The molecule has 1 aromatic rings. The maximum absolute atomic E-state index is 10.8. The first kappa shape index (κ1) is 9.98. The summed E-state index contributed by atoms with van der Waals surface area (Å²) >= 11 is 3.15. The molecule has 4 nitrogen and oxygen atoms in total.